The molecule has 0 spiro atoms. The number of nitrogens with one attached hydrogen (secondary N) is 1. The van der Waals surface area contributed by atoms with Crippen molar-refractivity contribution in [2.24, 2.45) is 0 Å². The van der Waals surface area contributed by atoms with Gasteiger partial charge in [-0.2, -0.15) is 5.10 Å². The maximum absolute atomic E-state index is 14.0. The number of carbonyl (C=O) groups is 1. The molecule has 1 N–H and O–H groups in total. The van der Waals surface area contributed by atoms with Crippen molar-refractivity contribution in [2.75, 3.05) is 5.32 Å². The third-order valence-electron chi connectivity index (χ3n) is 4.65. The number of amides is 1. The molecule has 174 valence electrons. The van der Waals surface area contributed by atoms with Gasteiger partial charge in [0.1, 0.15) is 23.2 Å². The number of hydrogen-bond donors (Lipinski definition) is 1. The summed E-state index contributed by atoms with van der Waals surface area (Å²) in [7, 11) is 0. The van der Waals surface area contributed by atoms with E-state index >= 15 is 0 Å². The quantitative estimate of drug-likeness (QED) is 0.243. The first kappa shape index (κ1) is 23.3. The van der Waals surface area contributed by atoms with Gasteiger partial charge in [0.15, 0.2) is 17.3 Å². The number of carbonyl (C=O) groups excluding carboxylic acids is 1. The van der Waals surface area contributed by atoms with E-state index < -0.39 is 16.6 Å². The lowest BCUT2D eigenvalue weighted by Gasteiger charge is -2.06. The van der Waals surface area contributed by atoms with E-state index in [1.165, 1.54) is 53.3 Å². The average molecular weight is 505 g/mol. The number of furan rings is 1. The zero-order chi connectivity index (χ0) is 24.2. The lowest BCUT2D eigenvalue weighted by molar-refractivity contribution is -0.386. The normalized spacial score (nSPS) is 10.8. The molecule has 0 aliphatic carbocycles. The third-order valence-corrected chi connectivity index (χ3v) is 5.28. The van der Waals surface area contributed by atoms with Gasteiger partial charge in [0.25, 0.3) is 5.91 Å². The van der Waals surface area contributed by atoms with Gasteiger partial charge in [-0.15, -0.1) is 0 Å². The fourth-order valence-electron chi connectivity index (χ4n) is 3.03. The molecule has 0 aliphatic rings. The van der Waals surface area contributed by atoms with E-state index in [-0.39, 0.29) is 57.5 Å². The molecule has 0 aliphatic heterocycles. The molecular weight excluding hydrogens is 490 g/mol. The van der Waals surface area contributed by atoms with E-state index in [9.17, 15) is 19.3 Å². The van der Waals surface area contributed by atoms with Gasteiger partial charge in [0.2, 0.25) is 0 Å². The van der Waals surface area contributed by atoms with Crippen LogP contribution in [-0.4, -0.2) is 20.6 Å². The number of ether oxygens (including phenoxy) is 1. The van der Waals surface area contributed by atoms with Crippen molar-refractivity contribution >= 4 is 40.6 Å². The smallest absolute Gasteiger partial charge is 0.310 e. The Labute approximate surface area is 201 Å². The number of hydrogen-bond acceptors (Lipinski definition) is 6. The monoisotopic (exact) mass is 504 g/mol. The van der Waals surface area contributed by atoms with Crippen LogP contribution in [0.3, 0.4) is 0 Å². The Morgan fingerprint density at radius 2 is 1.94 bits per heavy atom. The fourth-order valence-corrected chi connectivity index (χ4v) is 3.45. The van der Waals surface area contributed by atoms with Crippen molar-refractivity contribution < 1.29 is 23.3 Å². The highest BCUT2D eigenvalue weighted by atomic mass is 35.5. The summed E-state index contributed by atoms with van der Waals surface area (Å²) in [5.74, 6) is -0.780. The van der Waals surface area contributed by atoms with Crippen molar-refractivity contribution in [1.29, 1.82) is 0 Å². The van der Waals surface area contributed by atoms with Crippen LogP contribution in [0.25, 0.3) is 0 Å². The van der Waals surface area contributed by atoms with E-state index in [1.807, 2.05) is 0 Å². The van der Waals surface area contributed by atoms with Crippen molar-refractivity contribution in [3.8, 4) is 5.75 Å². The Morgan fingerprint density at radius 1 is 1.15 bits per heavy atom. The maximum atomic E-state index is 14.0. The summed E-state index contributed by atoms with van der Waals surface area (Å²) in [6.07, 6.45) is 1.42. The number of halogens is 3. The first-order valence-electron chi connectivity index (χ1n) is 9.74. The van der Waals surface area contributed by atoms with Crippen molar-refractivity contribution in [3.05, 3.63) is 104 Å². The topological polar surface area (TPSA) is 112 Å². The van der Waals surface area contributed by atoms with E-state index in [2.05, 4.69) is 10.4 Å². The number of anilines is 1. The average Bonchev–Trinajstić information content (AvgIpc) is 3.42. The van der Waals surface area contributed by atoms with E-state index in [4.69, 9.17) is 32.4 Å². The maximum Gasteiger partial charge on any atom is 0.310 e. The van der Waals surface area contributed by atoms with Crippen molar-refractivity contribution in [3.63, 3.8) is 0 Å². The molecule has 0 saturated heterocycles. The van der Waals surface area contributed by atoms with Crippen LogP contribution in [0, 0.1) is 15.9 Å². The van der Waals surface area contributed by atoms with E-state index in [0.29, 0.717) is 0 Å². The lowest BCUT2D eigenvalue weighted by atomic mass is 10.2. The Hall–Kier alpha value is -3.89. The van der Waals surface area contributed by atoms with Gasteiger partial charge in [-0.1, -0.05) is 41.4 Å². The lowest BCUT2D eigenvalue weighted by Crippen LogP contribution is -2.12. The summed E-state index contributed by atoms with van der Waals surface area (Å²) in [5.41, 5.74) is 0.0458. The molecule has 0 radical (unpaired) electrons. The number of nitro benzene ring substituents is 1. The molecule has 0 atom stereocenters. The van der Waals surface area contributed by atoms with Gasteiger partial charge in [-0.25, -0.2) is 4.39 Å². The second-order valence-corrected chi connectivity index (χ2v) is 7.77. The van der Waals surface area contributed by atoms with Gasteiger partial charge in [-0.3, -0.25) is 19.6 Å². The molecule has 0 unspecified atom stereocenters. The molecule has 0 fully saturated rings. The number of rotatable bonds is 8. The van der Waals surface area contributed by atoms with Crippen LogP contribution in [-0.2, 0) is 13.2 Å². The van der Waals surface area contributed by atoms with Crippen molar-refractivity contribution in [1.82, 2.24) is 9.78 Å². The van der Waals surface area contributed by atoms with E-state index in [1.54, 1.807) is 12.1 Å². The van der Waals surface area contributed by atoms with Crippen LogP contribution in [0.5, 0.6) is 5.75 Å². The predicted molar refractivity (Wildman–Crippen MR) is 122 cm³/mol. The van der Waals surface area contributed by atoms with Gasteiger partial charge < -0.3 is 14.5 Å². The Bertz CT molecular complexity index is 1350. The zero-order valence-corrected chi connectivity index (χ0v) is 18.7. The summed E-state index contributed by atoms with van der Waals surface area (Å²) in [6, 6.07) is 13.2. The van der Waals surface area contributed by atoms with Gasteiger partial charge in [0, 0.05) is 22.8 Å². The Kier molecular flexibility index (Phi) is 6.80. The van der Waals surface area contributed by atoms with Gasteiger partial charge in [0.05, 0.1) is 11.5 Å². The Balaban J connectivity index is 1.41. The minimum atomic E-state index is -0.631. The highest BCUT2D eigenvalue weighted by Crippen LogP contribution is 2.27. The molecule has 9 nitrogen and oxygen atoms in total. The Morgan fingerprint density at radius 3 is 2.71 bits per heavy atom. The van der Waals surface area contributed by atoms with Gasteiger partial charge in [-0.05, 0) is 30.3 Å². The molecule has 2 aromatic carbocycles. The van der Waals surface area contributed by atoms with Crippen LogP contribution in [0.1, 0.15) is 21.9 Å². The molecule has 2 heterocycles. The summed E-state index contributed by atoms with van der Waals surface area (Å²) in [4.78, 5) is 23.1. The summed E-state index contributed by atoms with van der Waals surface area (Å²) < 4.78 is 26.3. The van der Waals surface area contributed by atoms with Crippen LogP contribution in [0.2, 0.25) is 10.0 Å². The first-order chi connectivity index (χ1) is 16.3. The number of nitro groups is 1. The SMILES string of the molecule is O=C(Nc1nn(Cc2c(F)cccc2Cl)cc1Cl)c1ccc(COc2ccccc2[N+](=O)[O-])o1. The molecule has 12 heteroatoms. The second kappa shape index (κ2) is 9.94. The van der Waals surface area contributed by atoms with Crippen LogP contribution in [0.4, 0.5) is 15.9 Å². The third kappa shape index (κ3) is 5.19. The summed E-state index contributed by atoms with van der Waals surface area (Å²) in [5, 5.41) is 18.1. The predicted octanol–water partition coefficient (Wildman–Crippen LogP) is 5.71. The second-order valence-electron chi connectivity index (χ2n) is 6.96. The van der Waals surface area contributed by atoms with Crippen LogP contribution in [0.15, 0.2) is 65.2 Å². The molecule has 0 saturated carbocycles. The number of benzene rings is 2. The number of nitrogens with zero attached hydrogens (tertiary/aromatic N) is 3. The molecule has 2 aromatic heterocycles. The molecule has 0 bridgehead atoms. The molecule has 1 amide bonds. The van der Waals surface area contributed by atoms with Crippen LogP contribution >= 0.6 is 23.2 Å². The largest absolute Gasteiger partial charge is 0.479 e. The molecular formula is C22H15Cl2FN4O5. The first-order valence-corrected chi connectivity index (χ1v) is 10.5. The number of para-hydroxylation sites is 2. The fraction of sp³-hybridized carbons (Fsp3) is 0.0909. The number of aromatic nitrogens is 2. The molecule has 4 aromatic rings. The van der Waals surface area contributed by atoms with Crippen LogP contribution < -0.4 is 10.1 Å². The molecule has 4 rings (SSSR count). The highest BCUT2D eigenvalue weighted by molar-refractivity contribution is 6.33. The molecule has 34 heavy (non-hydrogen) atoms. The standard InChI is InChI=1S/C22H15Cl2FN4O5/c23-15-4-3-5-17(25)14(15)10-28-11-16(24)21(27-28)26-22(30)20-9-8-13(34-20)12-33-19-7-2-1-6-18(19)29(31)32/h1-9,11H,10,12H2,(H,26,27,30). The summed E-state index contributed by atoms with van der Waals surface area (Å²) in [6.45, 7) is -0.119. The minimum Gasteiger partial charge on any atom is -0.479 e. The highest BCUT2D eigenvalue weighted by Gasteiger charge is 2.18. The van der Waals surface area contributed by atoms with Gasteiger partial charge >= 0.3 is 5.69 Å². The van der Waals surface area contributed by atoms with Crippen molar-refractivity contribution in [2.45, 2.75) is 13.2 Å². The zero-order valence-electron chi connectivity index (χ0n) is 17.2. The summed E-state index contributed by atoms with van der Waals surface area (Å²) >= 11 is 12.2. The van der Waals surface area contributed by atoms with E-state index in [0.717, 1.165) is 0 Å². The minimum absolute atomic E-state index is 0.00889.